The highest BCUT2D eigenvalue weighted by atomic mass is 79.9. The van der Waals surface area contributed by atoms with Crippen LogP contribution in [0, 0.1) is 0 Å². The van der Waals surface area contributed by atoms with Crippen molar-refractivity contribution in [3.8, 4) is 5.75 Å². The molecule has 0 saturated carbocycles. The molecule has 0 aliphatic rings. The molecule has 5 nitrogen and oxygen atoms in total. The van der Waals surface area contributed by atoms with Crippen LogP contribution in [0.4, 0.5) is 8.78 Å². The predicted octanol–water partition coefficient (Wildman–Crippen LogP) is 2.88. The fourth-order valence-corrected chi connectivity index (χ4v) is 2.65. The van der Waals surface area contributed by atoms with Gasteiger partial charge in [0.05, 0.1) is 11.7 Å². The Balaban J connectivity index is 2.39. The molecule has 1 N–H and O–H groups in total. The Labute approximate surface area is 129 Å². The number of ether oxygens (including phenoxy) is 1. The van der Waals surface area contributed by atoms with Gasteiger partial charge in [0, 0.05) is 7.05 Å². The Morgan fingerprint density at radius 1 is 1.43 bits per heavy atom. The number of alkyl halides is 2. The number of rotatable bonds is 6. The summed E-state index contributed by atoms with van der Waals surface area (Å²) in [6.45, 7) is -0.185. The highest BCUT2D eigenvalue weighted by molar-refractivity contribution is 9.10. The van der Waals surface area contributed by atoms with Gasteiger partial charge >= 0.3 is 6.61 Å². The number of nitrogens with zero attached hydrogens (tertiary/aromatic N) is 3. The van der Waals surface area contributed by atoms with Gasteiger partial charge in [0.15, 0.2) is 4.60 Å². The van der Waals surface area contributed by atoms with E-state index in [9.17, 15) is 8.78 Å². The van der Waals surface area contributed by atoms with Crippen LogP contribution >= 0.6 is 15.9 Å². The molecule has 0 aliphatic carbocycles. The zero-order valence-electron chi connectivity index (χ0n) is 11.6. The number of nitrogens with one attached hydrogen (secondary N) is 1. The number of aryl methyl sites for hydroxylation is 1. The minimum atomic E-state index is -2.84. The molecule has 2 aromatic rings. The molecule has 1 unspecified atom stereocenters. The van der Waals surface area contributed by atoms with Crippen LogP contribution in [0.3, 0.4) is 0 Å². The molecule has 114 valence electrons. The van der Waals surface area contributed by atoms with Gasteiger partial charge in [-0.05, 0) is 40.2 Å². The summed E-state index contributed by atoms with van der Waals surface area (Å²) in [5, 5.41) is 11.2. The van der Waals surface area contributed by atoms with E-state index in [1.807, 2.05) is 13.0 Å². The predicted molar refractivity (Wildman–Crippen MR) is 77.3 cm³/mol. The molecule has 0 amide bonds. The maximum absolute atomic E-state index is 12.3. The monoisotopic (exact) mass is 360 g/mol. The average Bonchev–Trinajstić information content (AvgIpc) is 2.75. The van der Waals surface area contributed by atoms with Crippen LogP contribution in [-0.4, -0.2) is 28.2 Å². The standard InChI is InChI=1S/C13H15BrF2N4O/c1-3-17-10(11-12(14)18-19-20(11)2)8-5-4-6-9(7-8)21-13(15)16/h4-7,10,13,17H,3H2,1-2H3. The summed E-state index contributed by atoms with van der Waals surface area (Å²) in [4.78, 5) is 0. The van der Waals surface area contributed by atoms with Crippen molar-refractivity contribution < 1.29 is 13.5 Å². The Morgan fingerprint density at radius 2 is 2.19 bits per heavy atom. The molecule has 1 aromatic heterocycles. The molecule has 21 heavy (non-hydrogen) atoms. The summed E-state index contributed by atoms with van der Waals surface area (Å²) in [6.07, 6.45) is 0. The maximum atomic E-state index is 12.3. The minimum absolute atomic E-state index is 0.122. The molecule has 1 atom stereocenters. The highest BCUT2D eigenvalue weighted by Gasteiger charge is 2.21. The van der Waals surface area contributed by atoms with Gasteiger partial charge in [-0.2, -0.15) is 8.78 Å². The summed E-state index contributed by atoms with van der Waals surface area (Å²) in [5.41, 5.74) is 1.60. The van der Waals surface area contributed by atoms with E-state index in [1.54, 1.807) is 23.9 Å². The third-order valence-corrected chi connectivity index (χ3v) is 3.49. The van der Waals surface area contributed by atoms with Crippen LogP contribution < -0.4 is 10.1 Å². The van der Waals surface area contributed by atoms with Gasteiger partial charge in [0.25, 0.3) is 0 Å². The first-order chi connectivity index (χ1) is 10.0. The van der Waals surface area contributed by atoms with Crippen molar-refractivity contribution >= 4 is 15.9 Å². The first-order valence-corrected chi connectivity index (χ1v) is 7.15. The van der Waals surface area contributed by atoms with Crippen LogP contribution in [0.5, 0.6) is 5.75 Å². The van der Waals surface area contributed by atoms with Crippen LogP contribution in [0.15, 0.2) is 28.9 Å². The van der Waals surface area contributed by atoms with Gasteiger partial charge in [-0.3, -0.25) is 0 Å². The third kappa shape index (κ3) is 3.76. The molecular formula is C13H15BrF2N4O. The average molecular weight is 361 g/mol. The summed E-state index contributed by atoms with van der Waals surface area (Å²) < 4.78 is 31.4. The van der Waals surface area contributed by atoms with Crippen molar-refractivity contribution in [1.29, 1.82) is 0 Å². The zero-order chi connectivity index (χ0) is 15.4. The number of hydrogen-bond acceptors (Lipinski definition) is 4. The molecular weight excluding hydrogens is 346 g/mol. The van der Waals surface area contributed by atoms with Crippen LogP contribution in [0.1, 0.15) is 24.2 Å². The molecule has 0 fully saturated rings. The molecule has 0 saturated heterocycles. The van der Waals surface area contributed by atoms with Crippen LogP contribution in [0.2, 0.25) is 0 Å². The van der Waals surface area contributed by atoms with Crippen LogP contribution in [0.25, 0.3) is 0 Å². The van der Waals surface area contributed by atoms with Crippen molar-refractivity contribution in [2.45, 2.75) is 19.6 Å². The quantitative estimate of drug-likeness (QED) is 0.860. The molecule has 0 bridgehead atoms. The molecule has 0 aliphatic heterocycles. The lowest BCUT2D eigenvalue weighted by Gasteiger charge is -2.19. The second-order valence-electron chi connectivity index (χ2n) is 4.33. The lowest BCUT2D eigenvalue weighted by Crippen LogP contribution is -2.24. The van der Waals surface area contributed by atoms with Gasteiger partial charge in [0.1, 0.15) is 5.75 Å². The largest absolute Gasteiger partial charge is 0.435 e. The second kappa shape index (κ2) is 6.95. The SMILES string of the molecule is CCNC(c1cccc(OC(F)F)c1)c1c(Br)nnn1C. The fourth-order valence-electron chi connectivity index (χ4n) is 2.09. The van der Waals surface area contributed by atoms with E-state index in [0.29, 0.717) is 11.1 Å². The van der Waals surface area contributed by atoms with E-state index < -0.39 is 6.61 Å². The van der Waals surface area contributed by atoms with E-state index in [1.165, 1.54) is 6.07 Å². The normalized spacial score (nSPS) is 12.7. The number of hydrogen-bond donors (Lipinski definition) is 1. The molecule has 1 aromatic carbocycles. The first-order valence-electron chi connectivity index (χ1n) is 6.36. The Morgan fingerprint density at radius 3 is 2.76 bits per heavy atom. The zero-order valence-corrected chi connectivity index (χ0v) is 13.1. The summed E-state index contributed by atoms with van der Waals surface area (Å²) in [6, 6.07) is 6.36. The molecule has 0 radical (unpaired) electrons. The molecule has 2 rings (SSSR count). The Bertz CT molecular complexity index is 586. The van der Waals surface area contributed by atoms with Crippen molar-refractivity contribution in [1.82, 2.24) is 20.3 Å². The topological polar surface area (TPSA) is 52.0 Å². The van der Waals surface area contributed by atoms with Gasteiger partial charge in [-0.1, -0.05) is 24.3 Å². The lowest BCUT2D eigenvalue weighted by atomic mass is 10.0. The lowest BCUT2D eigenvalue weighted by molar-refractivity contribution is -0.0498. The van der Waals surface area contributed by atoms with Crippen LogP contribution in [-0.2, 0) is 7.05 Å². The van der Waals surface area contributed by atoms with Crippen molar-refractivity contribution in [3.05, 3.63) is 40.1 Å². The van der Waals surface area contributed by atoms with E-state index in [4.69, 9.17) is 0 Å². The van der Waals surface area contributed by atoms with Crippen molar-refractivity contribution in [2.24, 2.45) is 7.05 Å². The number of halogens is 3. The molecule has 8 heteroatoms. The summed E-state index contributed by atoms with van der Waals surface area (Å²) in [5.74, 6) is 0.122. The second-order valence-corrected chi connectivity index (χ2v) is 5.08. The Hall–Kier alpha value is -1.54. The smallest absolute Gasteiger partial charge is 0.387 e. The first kappa shape index (κ1) is 15.8. The third-order valence-electron chi connectivity index (χ3n) is 2.92. The van der Waals surface area contributed by atoms with Crippen molar-refractivity contribution in [2.75, 3.05) is 6.54 Å². The fraction of sp³-hybridized carbons (Fsp3) is 0.385. The summed E-state index contributed by atoms with van der Waals surface area (Å²) in [7, 11) is 1.77. The Kier molecular flexibility index (Phi) is 5.24. The number of benzene rings is 1. The van der Waals surface area contributed by atoms with E-state index >= 15 is 0 Å². The summed E-state index contributed by atoms with van der Waals surface area (Å²) >= 11 is 3.36. The minimum Gasteiger partial charge on any atom is -0.435 e. The van der Waals surface area contributed by atoms with E-state index in [0.717, 1.165) is 11.3 Å². The number of aromatic nitrogens is 3. The van der Waals surface area contributed by atoms with Crippen molar-refractivity contribution in [3.63, 3.8) is 0 Å². The maximum Gasteiger partial charge on any atom is 0.387 e. The molecule has 1 heterocycles. The van der Waals surface area contributed by atoms with E-state index in [-0.39, 0.29) is 11.8 Å². The van der Waals surface area contributed by atoms with Gasteiger partial charge in [0.2, 0.25) is 0 Å². The van der Waals surface area contributed by atoms with Gasteiger partial charge in [-0.25, -0.2) is 4.68 Å². The van der Waals surface area contributed by atoms with Gasteiger partial charge in [-0.15, -0.1) is 5.10 Å². The highest BCUT2D eigenvalue weighted by Crippen LogP contribution is 2.29. The molecule has 0 spiro atoms. The van der Waals surface area contributed by atoms with E-state index in [2.05, 4.69) is 36.3 Å². The van der Waals surface area contributed by atoms with Gasteiger partial charge < -0.3 is 10.1 Å².